The largest absolute Gasteiger partial charge is 0.207 e. The van der Waals surface area contributed by atoms with Gasteiger partial charge in [0.2, 0.25) is 0 Å². The predicted octanol–water partition coefficient (Wildman–Crippen LogP) is 4.94. The van der Waals surface area contributed by atoms with Crippen LogP contribution in [-0.4, -0.2) is 0 Å². The van der Waals surface area contributed by atoms with E-state index in [1.165, 1.54) is 29.8 Å². The van der Waals surface area contributed by atoms with E-state index in [0.717, 1.165) is 38.5 Å². The number of halogens is 2. The second-order valence-corrected chi connectivity index (χ2v) is 5.57. The van der Waals surface area contributed by atoms with Crippen LogP contribution in [0.2, 0.25) is 0 Å². The molecule has 0 aromatic heterocycles. The van der Waals surface area contributed by atoms with Crippen LogP contribution >= 0.6 is 0 Å². The van der Waals surface area contributed by atoms with Crippen LogP contribution in [0.5, 0.6) is 0 Å². The zero-order valence-corrected chi connectivity index (χ0v) is 11.5. The Morgan fingerprint density at radius 3 is 2.45 bits per heavy atom. The van der Waals surface area contributed by atoms with Crippen molar-refractivity contribution in [3.8, 4) is 6.07 Å². The van der Waals surface area contributed by atoms with E-state index in [-0.39, 0.29) is 11.7 Å². The van der Waals surface area contributed by atoms with Gasteiger partial charge in [-0.3, -0.25) is 0 Å². The van der Waals surface area contributed by atoms with E-state index in [1.807, 2.05) is 12.1 Å². The molecular formula is C17H19F2N. The van der Waals surface area contributed by atoms with Crippen LogP contribution in [0.25, 0.3) is 0 Å². The molecule has 0 radical (unpaired) electrons. The number of hydrogen-bond acceptors (Lipinski definition) is 1. The SMILES string of the molecule is N#C/C(F)=C/[C@H]1CC[C@H](CCc2ccc(F)cc2)CC1. The van der Waals surface area contributed by atoms with Crippen molar-refractivity contribution in [1.82, 2.24) is 0 Å². The van der Waals surface area contributed by atoms with Crippen LogP contribution in [0.15, 0.2) is 36.2 Å². The first kappa shape index (κ1) is 14.7. The Labute approximate surface area is 118 Å². The van der Waals surface area contributed by atoms with Crippen molar-refractivity contribution in [2.45, 2.75) is 38.5 Å². The molecule has 1 fully saturated rings. The van der Waals surface area contributed by atoms with Gasteiger partial charge in [0.1, 0.15) is 11.9 Å². The lowest BCUT2D eigenvalue weighted by molar-refractivity contribution is 0.294. The summed E-state index contributed by atoms with van der Waals surface area (Å²) in [5.74, 6) is 0.0342. The van der Waals surface area contributed by atoms with Gasteiger partial charge in [0, 0.05) is 0 Å². The third-order valence-corrected chi connectivity index (χ3v) is 4.13. The molecule has 0 spiro atoms. The van der Waals surface area contributed by atoms with Gasteiger partial charge < -0.3 is 0 Å². The van der Waals surface area contributed by atoms with E-state index in [0.29, 0.717) is 5.92 Å². The fraction of sp³-hybridized carbons (Fsp3) is 0.471. The number of hydrogen-bond donors (Lipinski definition) is 0. The van der Waals surface area contributed by atoms with Crippen LogP contribution < -0.4 is 0 Å². The second kappa shape index (κ2) is 7.19. The van der Waals surface area contributed by atoms with Gasteiger partial charge in [-0.1, -0.05) is 12.1 Å². The lowest BCUT2D eigenvalue weighted by Crippen LogP contribution is -2.14. The van der Waals surface area contributed by atoms with Gasteiger partial charge >= 0.3 is 0 Å². The Morgan fingerprint density at radius 1 is 1.20 bits per heavy atom. The molecule has 3 heteroatoms. The molecule has 0 unspecified atom stereocenters. The third kappa shape index (κ3) is 4.45. The lowest BCUT2D eigenvalue weighted by Gasteiger charge is -2.26. The average Bonchev–Trinajstić information content (AvgIpc) is 2.48. The molecule has 106 valence electrons. The van der Waals surface area contributed by atoms with Gasteiger partial charge in [0.15, 0.2) is 5.83 Å². The summed E-state index contributed by atoms with van der Waals surface area (Å²) in [6, 6.07) is 8.22. The second-order valence-electron chi connectivity index (χ2n) is 5.57. The van der Waals surface area contributed by atoms with Crippen LogP contribution in [-0.2, 0) is 6.42 Å². The summed E-state index contributed by atoms with van der Waals surface area (Å²) in [7, 11) is 0. The first-order valence-electron chi connectivity index (χ1n) is 7.19. The van der Waals surface area contributed by atoms with Gasteiger partial charge in [-0.2, -0.15) is 9.65 Å². The summed E-state index contributed by atoms with van der Waals surface area (Å²) >= 11 is 0. The van der Waals surface area contributed by atoms with Crippen molar-refractivity contribution in [2.24, 2.45) is 11.8 Å². The van der Waals surface area contributed by atoms with Crippen LogP contribution in [0.1, 0.15) is 37.7 Å². The van der Waals surface area contributed by atoms with E-state index < -0.39 is 5.83 Å². The Bertz CT molecular complexity index is 491. The maximum Gasteiger partial charge on any atom is 0.196 e. The highest BCUT2D eigenvalue weighted by molar-refractivity contribution is 5.16. The Hall–Kier alpha value is -1.69. The molecule has 0 N–H and O–H groups in total. The van der Waals surface area contributed by atoms with E-state index >= 15 is 0 Å². The monoisotopic (exact) mass is 275 g/mol. The smallest absolute Gasteiger partial charge is 0.196 e. The highest BCUT2D eigenvalue weighted by Crippen LogP contribution is 2.32. The van der Waals surface area contributed by atoms with E-state index in [4.69, 9.17) is 5.26 Å². The molecule has 0 atom stereocenters. The van der Waals surface area contributed by atoms with Crippen LogP contribution in [0.4, 0.5) is 8.78 Å². The summed E-state index contributed by atoms with van der Waals surface area (Å²) in [4.78, 5) is 0. The van der Waals surface area contributed by atoms with Crippen LogP contribution in [0.3, 0.4) is 0 Å². The molecule has 0 saturated heterocycles. The summed E-state index contributed by atoms with van der Waals surface area (Å²) in [6.07, 6.45) is 7.63. The molecular weight excluding hydrogens is 256 g/mol. The topological polar surface area (TPSA) is 23.8 Å². The Morgan fingerprint density at radius 2 is 1.85 bits per heavy atom. The molecule has 1 aromatic carbocycles. The molecule has 1 aliphatic carbocycles. The maximum absolute atomic E-state index is 12.9. The normalized spacial score (nSPS) is 23.4. The molecule has 1 aromatic rings. The molecule has 0 amide bonds. The predicted molar refractivity (Wildman–Crippen MR) is 75.0 cm³/mol. The Kier molecular flexibility index (Phi) is 5.29. The van der Waals surface area contributed by atoms with Crippen molar-refractivity contribution in [3.05, 3.63) is 47.5 Å². The van der Waals surface area contributed by atoms with Gasteiger partial charge in [0.25, 0.3) is 0 Å². The first-order chi connectivity index (χ1) is 9.67. The molecule has 20 heavy (non-hydrogen) atoms. The number of aryl methyl sites for hydroxylation is 1. The highest BCUT2D eigenvalue weighted by Gasteiger charge is 2.20. The minimum Gasteiger partial charge on any atom is -0.207 e. The third-order valence-electron chi connectivity index (χ3n) is 4.13. The standard InChI is InChI=1S/C17H19F2N/c18-16-9-7-14(8-10-16)2-1-13-3-5-15(6-4-13)11-17(19)12-20/h7-11,13,15H,1-6H2/b17-11-/t13-,15-. The fourth-order valence-corrected chi connectivity index (χ4v) is 2.91. The maximum atomic E-state index is 12.9. The zero-order valence-electron chi connectivity index (χ0n) is 11.5. The molecule has 0 bridgehead atoms. The van der Waals surface area contributed by atoms with Gasteiger partial charge in [0.05, 0.1) is 0 Å². The minimum absolute atomic E-state index is 0.194. The minimum atomic E-state index is -0.653. The van der Waals surface area contributed by atoms with E-state index in [1.54, 1.807) is 0 Å². The molecule has 2 rings (SSSR count). The average molecular weight is 275 g/mol. The summed E-state index contributed by atoms with van der Waals surface area (Å²) in [6.45, 7) is 0. The summed E-state index contributed by atoms with van der Waals surface area (Å²) in [5.41, 5.74) is 1.17. The first-order valence-corrected chi connectivity index (χ1v) is 7.19. The van der Waals surface area contributed by atoms with Crippen molar-refractivity contribution in [2.75, 3.05) is 0 Å². The molecule has 0 aliphatic heterocycles. The fourth-order valence-electron chi connectivity index (χ4n) is 2.91. The van der Waals surface area contributed by atoms with Gasteiger partial charge in [-0.15, -0.1) is 0 Å². The van der Waals surface area contributed by atoms with Crippen LogP contribution in [0, 0.1) is 29.0 Å². The number of nitriles is 1. The summed E-state index contributed by atoms with van der Waals surface area (Å²) in [5, 5.41) is 8.43. The molecule has 1 aliphatic rings. The van der Waals surface area contributed by atoms with Crippen molar-refractivity contribution >= 4 is 0 Å². The van der Waals surface area contributed by atoms with E-state index in [2.05, 4.69) is 0 Å². The van der Waals surface area contributed by atoms with Crippen molar-refractivity contribution in [1.29, 1.82) is 5.26 Å². The highest BCUT2D eigenvalue weighted by atomic mass is 19.1. The molecule has 1 saturated carbocycles. The number of allylic oxidation sites excluding steroid dienone is 2. The van der Waals surface area contributed by atoms with Crippen molar-refractivity contribution in [3.63, 3.8) is 0 Å². The zero-order chi connectivity index (χ0) is 14.4. The Balaban J connectivity index is 1.75. The quantitative estimate of drug-likeness (QED) is 0.714. The number of rotatable bonds is 4. The number of benzene rings is 1. The lowest BCUT2D eigenvalue weighted by atomic mass is 9.79. The summed E-state index contributed by atoms with van der Waals surface area (Å²) < 4.78 is 25.7. The van der Waals surface area contributed by atoms with Gasteiger partial charge in [-0.05, 0) is 74.1 Å². The van der Waals surface area contributed by atoms with Gasteiger partial charge in [-0.25, -0.2) is 4.39 Å². The van der Waals surface area contributed by atoms with Crippen molar-refractivity contribution < 1.29 is 8.78 Å². The molecule has 1 nitrogen and oxygen atoms in total. The molecule has 0 heterocycles. The van der Waals surface area contributed by atoms with E-state index in [9.17, 15) is 8.78 Å². The number of nitrogens with zero attached hydrogens (tertiary/aromatic N) is 1.